The number of anilines is 1. The van der Waals surface area contributed by atoms with Gasteiger partial charge in [-0.25, -0.2) is 12.7 Å². The van der Waals surface area contributed by atoms with E-state index in [4.69, 9.17) is 11.6 Å². The first-order valence-electron chi connectivity index (χ1n) is 9.91. The number of piperidine rings is 1. The molecule has 7 heteroatoms. The Kier molecular flexibility index (Phi) is 6.98. The molecule has 1 heterocycles. The largest absolute Gasteiger partial charge is 0.325 e. The molecule has 0 spiro atoms. The summed E-state index contributed by atoms with van der Waals surface area (Å²) in [6.07, 6.45) is 2.17. The van der Waals surface area contributed by atoms with Crippen LogP contribution in [0.3, 0.4) is 0 Å². The predicted molar refractivity (Wildman–Crippen MR) is 118 cm³/mol. The van der Waals surface area contributed by atoms with Crippen LogP contribution in [0, 0.1) is 12.8 Å². The second-order valence-corrected chi connectivity index (χ2v) is 9.94. The number of carbonyl (C=O) groups is 1. The lowest BCUT2D eigenvalue weighted by atomic mass is 9.98. The number of halogens is 1. The molecule has 1 atom stereocenters. The van der Waals surface area contributed by atoms with Gasteiger partial charge in [0, 0.05) is 23.8 Å². The van der Waals surface area contributed by atoms with E-state index in [2.05, 4.69) is 12.2 Å². The molecule has 156 valence electrons. The summed E-state index contributed by atoms with van der Waals surface area (Å²) < 4.78 is 27.2. The quantitative estimate of drug-likeness (QED) is 0.733. The fourth-order valence-electron chi connectivity index (χ4n) is 3.77. The fourth-order valence-corrected chi connectivity index (χ4v) is 5.58. The molecule has 0 aromatic heterocycles. The number of sulfonamides is 1. The van der Waals surface area contributed by atoms with Crippen LogP contribution in [0.15, 0.2) is 42.5 Å². The highest BCUT2D eigenvalue weighted by Crippen LogP contribution is 2.26. The van der Waals surface area contributed by atoms with Gasteiger partial charge in [0.15, 0.2) is 0 Å². The highest BCUT2D eigenvalue weighted by atomic mass is 35.5. The van der Waals surface area contributed by atoms with Gasteiger partial charge in [-0.3, -0.25) is 4.79 Å². The van der Waals surface area contributed by atoms with E-state index >= 15 is 0 Å². The van der Waals surface area contributed by atoms with Crippen LogP contribution >= 0.6 is 11.6 Å². The third-order valence-corrected chi connectivity index (χ3v) is 7.43. The number of para-hydroxylation sites is 1. The molecule has 1 N–H and O–H groups in total. The van der Waals surface area contributed by atoms with E-state index in [-0.39, 0.29) is 24.1 Å². The summed E-state index contributed by atoms with van der Waals surface area (Å²) in [5.41, 5.74) is 3.59. The Labute approximate surface area is 178 Å². The number of aryl methyl sites for hydroxylation is 2. The zero-order valence-electron chi connectivity index (χ0n) is 16.8. The molecular weight excluding hydrogens is 408 g/mol. The van der Waals surface area contributed by atoms with Crippen molar-refractivity contribution in [3.8, 4) is 0 Å². The second kappa shape index (κ2) is 9.28. The van der Waals surface area contributed by atoms with Crippen LogP contribution < -0.4 is 5.32 Å². The molecule has 1 saturated heterocycles. The summed E-state index contributed by atoms with van der Waals surface area (Å²) in [5.74, 6) is -0.585. The van der Waals surface area contributed by atoms with Crippen molar-refractivity contribution in [3.05, 3.63) is 64.2 Å². The van der Waals surface area contributed by atoms with Crippen LogP contribution in [0.2, 0.25) is 5.02 Å². The number of amides is 1. The summed E-state index contributed by atoms with van der Waals surface area (Å²) >= 11 is 5.98. The Morgan fingerprint density at radius 3 is 2.72 bits per heavy atom. The van der Waals surface area contributed by atoms with E-state index in [1.165, 1.54) is 4.31 Å². The normalized spacial score (nSPS) is 17.8. The standard InChI is InChI=1S/C22H27ClN2O3S/c1-3-18-9-4-7-16(2)21(18)24-22(26)19-10-6-12-25(14-19)29(27,28)15-17-8-5-11-20(23)13-17/h4-5,7-9,11,13,19H,3,6,10,12,14-15H2,1-2H3,(H,24,26)/t19-/m0/s1. The van der Waals surface area contributed by atoms with Crippen molar-refractivity contribution in [3.63, 3.8) is 0 Å². The first kappa shape index (κ1) is 21.8. The third kappa shape index (κ3) is 5.38. The summed E-state index contributed by atoms with van der Waals surface area (Å²) in [5, 5.41) is 3.56. The summed E-state index contributed by atoms with van der Waals surface area (Å²) in [6, 6.07) is 12.8. The summed E-state index contributed by atoms with van der Waals surface area (Å²) in [6.45, 7) is 4.67. The monoisotopic (exact) mass is 434 g/mol. The molecule has 0 unspecified atom stereocenters. The van der Waals surface area contributed by atoms with Crippen molar-refractivity contribution in [2.75, 3.05) is 18.4 Å². The van der Waals surface area contributed by atoms with Gasteiger partial charge in [0.05, 0.1) is 11.7 Å². The van der Waals surface area contributed by atoms with Gasteiger partial charge in [0.1, 0.15) is 0 Å². The lowest BCUT2D eigenvalue weighted by Gasteiger charge is -2.31. The van der Waals surface area contributed by atoms with Crippen LogP contribution in [-0.4, -0.2) is 31.7 Å². The molecule has 1 fully saturated rings. The number of hydrogen-bond acceptors (Lipinski definition) is 3. The molecule has 29 heavy (non-hydrogen) atoms. The summed E-state index contributed by atoms with van der Waals surface area (Å²) in [4.78, 5) is 12.9. The molecule has 0 saturated carbocycles. The SMILES string of the molecule is CCc1cccc(C)c1NC(=O)[C@H]1CCCN(S(=O)(=O)Cc2cccc(Cl)c2)C1. The van der Waals surface area contributed by atoms with Crippen molar-refractivity contribution in [2.45, 2.75) is 38.9 Å². The molecule has 5 nitrogen and oxygen atoms in total. The topological polar surface area (TPSA) is 66.5 Å². The molecule has 2 aromatic carbocycles. The van der Waals surface area contributed by atoms with E-state index in [9.17, 15) is 13.2 Å². The number of benzene rings is 2. The molecule has 0 radical (unpaired) electrons. The minimum absolute atomic E-state index is 0.111. The maximum absolute atomic E-state index is 12.9. The smallest absolute Gasteiger partial charge is 0.228 e. The van der Waals surface area contributed by atoms with Crippen molar-refractivity contribution in [1.29, 1.82) is 0 Å². The van der Waals surface area contributed by atoms with Gasteiger partial charge in [0.25, 0.3) is 0 Å². The number of hydrogen-bond donors (Lipinski definition) is 1. The van der Waals surface area contributed by atoms with Gasteiger partial charge in [-0.05, 0) is 55.0 Å². The highest BCUT2D eigenvalue weighted by Gasteiger charge is 2.32. The molecule has 3 rings (SSSR count). The van der Waals surface area contributed by atoms with Crippen molar-refractivity contribution in [1.82, 2.24) is 4.31 Å². The highest BCUT2D eigenvalue weighted by molar-refractivity contribution is 7.88. The van der Waals surface area contributed by atoms with E-state index in [1.807, 2.05) is 25.1 Å². The third-order valence-electron chi connectivity index (χ3n) is 5.37. The van der Waals surface area contributed by atoms with Gasteiger partial charge < -0.3 is 5.32 Å². The molecule has 0 aliphatic carbocycles. The molecule has 1 aliphatic rings. The number of nitrogens with one attached hydrogen (secondary N) is 1. The summed E-state index contributed by atoms with van der Waals surface area (Å²) in [7, 11) is -3.52. The van der Waals surface area contributed by atoms with E-state index < -0.39 is 10.0 Å². The molecule has 2 aromatic rings. The van der Waals surface area contributed by atoms with Crippen molar-refractivity contribution < 1.29 is 13.2 Å². The van der Waals surface area contributed by atoms with Crippen LogP contribution in [0.25, 0.3) is 0 Å². The van der Waals surface area contributed by atoms with E-state index in [0.717, 1.165) is 23.2 Å². The average molecular weight is 435 g/mol. The first-order chi connectivity index (χ1) is 13.8. The zero-order valence-corrected chi connectivity index (χ0v) is 18.4. The van der Waals surface area contributed by atoms with E-state index in [1.54, 1.807) is 24.3 Å². The minimum atomic E-state index is -3.52. The van der Waals surface area contributed by atoms with Crippen LogP contribution in [0.5, 0.6) is 0 Å². The van der Waals surface area contributed by atoms with E-state index in [0.29, 0.717) is 30.0 Å². The Hall–Kier alpha value is -1.89. The Morgan fingerprint density at radius 1 is 1.24 bits per heavy atom. The first-order valence-corrected chi connectivity index (χ1v) is 11.9. The average Bonchev–Trinajstić information content (AvgIpc) is 2.69. The van der Waals surface area contributed by atoms with Gasteiger partial charge in [-0.2, -0.15) is 0 Å². The van der Waals surface area contributed by atoms with Crippen LogP contribution in [0.4, 0.5) is 5.69 Å². The van der Waals surface area contributed by atoms with Gasteiger partial charge in [-0.15, -0.1) is 0 Å². The lowest BCUT2D eigenvalue weighted by molar-refractivity contribution is -0.120. The molecule has 1 amide bonds. The molecular formula is C22H27ClN2O3S. The maximum Gasteiger partial charge on any atom is 0.228 e. The Morgan fingerprint density at radius 2 is 2.00 bits per heavy atom. The Bertz CT molecular complexity index is 991. The van der Waals surface area contributed by atoms with Crippen molar-refractivity contribution in [2.24, 2.45) is 5.92 Å². The lowest BCUT2D eigenvalue weighted by Crippen LogP contribution is -2.44. The predicted octanol–water partition coefficient (Wildman–Crippen LogP) is 4.39. The maximum atomic E-state index is 12.9. The van der Waals surface area contributed by atoms with Crippen LogP contribution in [-0.2, 0) is 27.0 Å². The Balaban J connectivity index is 1.71. The number of carbonyl (C=O) groups excluding carboxylic acids is 1. The molecule has 1 aliphatic heterocycles. The second-order valence-electron chi connectivity index (χ2n) is 7.54. The number of nitrogens with zero attached hydrogens (tertiary/aromatic N) is 1. The van der Waals surface area contributed by atoms with Gasteiger partial charge in [0.2, 0.25) is 15.9 Å². The minimum Gasteiger partial charge on any atom is -0.325 e. The number of rotatable bonds is 6. The fraction of sp³-hybridized carbons (Fsp3) is 0.409. The van der Waals surface area contributed by atoms with Crippen LogP contribution in [0.1, 0.15) is 36.5 Å². The van der Waals surface area contributed by atoms with Gasteiger partial charge in [-0.1, -0.05) is 48.9 Å². The van der Waals surface area contributed by atoms with Crippen molar-refractivity contribution >= 4 is 33.2 Å². The molecule has 0 bridgehead atoms. The zero-order chi connectivity index (χ0) is 21.0. The van der Waals surface area contributed by atoms with Gasteiger partial charge >= 0.3 is 0 Å².